The third kappa shape index (κ3) is 5.08. The van der Waals surface area contributed by atoms with Crippen LogP contribution in [0.5, 0.6) is 0 Å². The molecule has 0 spiro atoms. The molecule has 1 aliphatic rings. The fourth-order valence-electron chi connectivity index (χ4n) is 3.30. The van der Waals surface area contributed by atoms with Crippen molar-refractivity contribution in [2.24, 2.45) is 0 Å². The number of amides is 2. The van der Waals surface area contributed by atoms with Crippen molar-refractivity contribution in [3.8, 4) is 0 Å². The predicted octanol–water partition coefficient (Wildman–Crippen LogP) is 3.36. The highest BCUT2D eigenvalue weighted by molar-refractivity contribution is 5.79. The molecule has 2 rings (SSSR count). The van der Waals surface area contributed by atoms with Crippen LogP contribution in [0.15, 0.2) is 24.3 Å². The number of carbonyl (C=O) groups excluding carboxylic acids is 2. The fraction of sp³-hybridized carbons (Fsp3) is 0.579. The van der Waals surface area contributed by atoms with Gasteiger partial charge in [-0.1, -0.05) is 42.7 Å². The quantitative estimate of drug-likeness (QED) is 0.905. The summed E-state index contributed by atoms with van der Waals surface area (Å²) in [5.41, 5.74) is 2.48. The highest BCUT2D eigenvalue weighted by Gasteiger charge is 2.26. The van der Waals surface area contributed by atoms with Gasteiger partial charge in [-0.25, -0.2) is 0 Å². The maximum absolute atomic E-state index is 12.7. The molecule has 126 valence electrons. The molecule has 4 heteroatoms. The summed E-state index contributed by atoms with van der Waals surface area (Å²) in [4.78, 5) is 26.0. The molecule has 1 saturated heterocycles. The Balaban J connectivity index is 2.05. The molecule has 0 bridgehead atoms. The molecule has 1 N–H and O–H groups in total. The van der Waals surface area contributed by atoms with Gasteiger partial charge in [-0.2, -0.15) is 0 Å². The standard InChI is InChI=1S/C19H28N2O2/c1-15-8-6-9-16(14-15)17-10-4-3-5-13-21(17)19(23)12-7-11-18(22)20-2/h6,8-9,14,17H,3-5,7,10-13H2,1-2H3,(H,20,22)/t17-/m0/s1. The lowest BCUT2D eigenvalue weighted by Crippen LogP contribution is -2.34. The van der Waals surface area contributed by atoms with Gasteiger partial charge in [-0.05, 0) is 31.7 Å². The lowest BCUT2D eigenvalue weighted by Gasteiger charge is -2.31. The normalized spacial score (nSPS) is 18.3. The highest BCUT2D eigenvalue weighted by atomic mass is 16.2. The van der Waals surface area contributed by atoms with Crippen molar-refractivity contribution in [2.45, 2.75) is 57.9 Å². The van der Waals surface area contributed by atoms with Gasteiger partial charge < -0.3 is 10.2 Å². The van der Waals surface area contributed by atoms with Gasteiger partial charge in [0.25, 0.3) is 0 Å². The number of nitrogens with one attached hydrogen (secondary N) is 1. The summed E-state index contributed by atoms with van der Waals surface area (Å²) in [6, 6.07) is 8.68. The van der Waals surface area contributed by atoms with Crippen molar-refractivity contribution in [1.82, 2.24) is 10.2 Å². The Labute approximate surface area is 139 Å². The van der Waals surface area contributed by atoms with Crippen LogP contribution >= 0.6 is 0 Å². The number of benzene rings is 1. The summed E-state index contributed by atoms with van der Waals surface area (Å²) in [5, 5.41) is 2.61. The van der Waals surface area contributed by atoms with Gasteiger partial charge in [-0.15, -0.1) is 0 Å². The number of likely N-dealkylation sites (tertiary alicyclic amines) is 1. The smallest absolute Gasteiger partial charge is 0.223 e. The van der Waals surface area contributed by atoms with E-state index in [2.05, 4.69) is 36.5 Å². The van der Waals surface area contributed by atoms with Crippen LogP contribution in [0.1, 0.15) is 62.1 Å². The second kappa shape index (κ2) is 8.70. The van der Waals surface area contributed by atoms with Gasteiger partial charge in [0.05, 0.1) is 6.04 Å². The van der Waals surface area contributed by atoms with Crippen LogP contribution < -0.4 is 5.32 Å². The van der Waals surface area contributed by atoms with E-state index in [1.165, 1.54) is 24.0 Å². The van der Waals surface area contributed by atoms with Gasteiger partial charge >= 0.3 is 0 Å². The molecule has 4 nitrogen and oxygen atoms in total. The number of aryl methyl sites for hydroxylation is 1. The topological polar surface area (TPSA) is 49.4 Å². The molecular weight excluding hydrogens is 288 g/mol. The van der Waals surface area contributed by atoms with E-state index in [1.807, 2.05) is 4.90 Å². The van der Waals surface area contributed by atoms with Crippen molar-refractivity contribution in [3.05, 3.63) is 35.4 Å². The van der Waals surface area contributed by atoms with E-state index in [9.17, 15) is 9.59 Å². The maximum Gasteiger partial charge on any atom is 0.223 e. The lowest BCUT2D eigenvalue weighted by molar-refractivity contribution is -0.133. The number of hydrogen-bond donors (Lipinski definition) is 1. The van der Waals surface area contributed by atoms with E-state index in [0.29, 0.717) is 19.3 Å². The highest BCUT2D eigenvalue weighted by Crippen LogP contribution is 2.31. The van der Waals surface area contributed by atoms with Crippen molar-refractivity contribution in [2.75, 3.05) is 13.6 Å². The van der Waals surface area contributed by atoms with Crippen LogP contribution in [0.25, 0.3) is 0 Å². The van der Waals surface area contributed by atoms with Gasteiger partial charge in [0.2, 0.25) is 11.8 Å². The molecule has 1 aromatic carbocycles. The molecule has 0 radical (unpaired) electrons. The van der Waals surface area contributed by atoms with Crippen LogP contribution in [-0.4, -0.2) is 30.3 Å². The monoisotopic (exact) mass is 316 g/mol. The molecule has 23 heavy (non-hydrogen) atoms. The van der Waals surface area contributed by atoms with E-state index in [0.717, 1.165) is 19.4 Å². The van der Waals surface area contributed by atoms with Gasteiger partial charge in [0.1, 0.15) is 0 Å². The van der Waals surface area contributed by atoms with Crippen LogP contribution in [0.2, 0.25) is 0 Å². The largest absolute Gasteiger partial charge is 0.359 e. The molecule has 1 aromatic rings. The molecule has 0 aromatic heterocycles. The van der Waals surface area contributed by atoms with Crippen molar-refractivity contribution < 1.29 is 9.59 Å². The Morgan fingerprint density at radius 3 is 2.78 bits per heavy atom. The summed E-state index contributed by atoms with van der Waals surface area (Å²) in [7, 11) is 1.63. The Bertz CT molecular complexity index is 542. The molecule has 1 aliphatic heterocycles. The second-order valence-corrected chi connectivity index (χ2v) is 6.39. The van der Waals surface area contributed by atoms with Crippen molar-refractivity contribution in [3.63, 3.8) is 0 Å². The average Bonchev–Trinajstić information content (AvgIpc) is 2.80. The first-order valence-corrected chi connectivity index (χ1v) is 8.68. The number of carbonyl (C=O) groups is 2. The number of rotatable bonds is 5. The maximum atomic E-state index is 12.7. The number of hydrogen-bond acceptors (Lipinski definition) is 2. The lowest BCUT2D eigenvalue weighted by atomic mass is 9.98. The van der Waals surface area contributed by atoms with E-state index in [1.54, 1.807) is 7.05 Å². The Morgan fingerprint density at radius 2 is 2.04 bits per heavy atom. The Kier molecular flexibility index (Phi) is 6.63. The van der Waals surface area contributed by atoms with E-state index < -0.39 is 0 Å². The summed E-state index contributed by atoms with van der Waals surface area (Å²) < 4.78 is 0. The van der Waals surface area contributed by atoms with E-state index in [4.69, 9.17) is 0 Å². The molecule has 2 amide bonds. The van der Waals surface area contributed by atoms with Gasteiger partial charge in [0, 0.05) is 26.4 Å². The molecule has 1 heterocycles. The van der Waals surface area contributed by atoms with Crippen LogP contribution in [0.4, 0.5) is 0 Å². The first-order valence-electron chi connectivity index (χ1n) is 8.68. The predicted molar refractivity (Wildman–Crippen MR) is 92.0 cm³/mol. The van der Waals surface area contributed by atoms with Crippen LogP contribution in [0, 0.1) is 6.92 Å². The third-order valence-electron chi connectivity index (χ3n) is 4.57. The zero-order valence-corrected chi connectivity index (χ0v) is 14.3. The SMILES string of the molecule is CNC(=O)CCCC(=O)N1CCCCC[C@H]1c1cccc(C)c1. The minimum Gasteiger partial charge on any atom is -0.359 e. The summed E-state index contributed by atoms with van der Waals surface area (Å²) >= 11 is 0. The van der Waals surface area contributed by atoms with Crippen LogP contribution in [0.3, 0.4) is 0 Å². The summed E-state index contributed by atoms with van der Waals surface area (Å²) in [5.74, 6) is 0.186. The first kappa shape index (κ1) is 17.5. The van der Waals surface area contributed by atoms with Gasteiger partial charge in [0.15, 0.2) is 0 Å². The molecule has 1 atom stereocenters. The zero-order chi connectivity index (χ0) is 16.7. The second-order valence-electron chi connectivity index (χ2n) is 6.39. The summed E-state index contributed by atoms with van der Waals surface area (Å²) in [6.07, 6.45) is 5.95. The average molecular weight is 316 g/mol. The Hall–Kier alpha value is -1.84. The number of nitrogens with zero attached hydrogens (tertiary/aromatic N) is 1. The zero-order valence-electron chi connectivity index (χ0n) is 14.3. The molecule has 0 saturated carbocycles. The molecule has 1 fully saturated rings. The first-order chi connectivity index (χ1) is 11.1. The fourth-order valence-corrected chi connectivity index (χ4v) is 3.30. The third-order valence-corrected chi connectivity index (χ3v) is 4.57. The minimum atomic E-state index is 0.00361. The van der Waals surface area contributed by atoms with Crippen molar-refractivity contribution in [1.29, 1.82) is 0 Å². The summed E-state index contributed by atoms with van der Waals surface area (Å²) in [6.45, 7) is 2.92. The molecule has 0 unspecified atom stereocenters. The minimum absolute atomic E-state index is 0.00361. The van der Waals surface area contributed by atoms with E-state index >= 15 is 0 Å². The molecule has 0 aliphatic carbocycles. The van der Waals surface area contributed by atoms with Crippen LogP contribution in [-0.2, 0) is 9.59 Å². The van der Waals surface area contributed by atoms with Crippen molar-refractivity contribution >= 4 is 11.8 Å². The molecular formula is C19H28N2O2. The Morgan fingerprint density at radius 1 is 1.22 bits per heavy atom. The van der Waals surface area contributed by atoms with Gasteiger partial charge in [-0.3, -0.25) is 9.59 Å². The van der Waals surface area contributed by atoms with E-state index in [-0.39, 0.29) is 17.9 Å².